The van der Waals surface area contributed by atoms with E-state index in [1.165, 1.54) is 117 Å². The SMILES string of the molecule is CCC(/C(=N\c1c(C)sc2ccccc12)n1c2ccccc2c2c3ccccc3c3c(sc4ccc5cc(-c6cc7ccccc7c7ccccc67)ccc5c43)c21)c1ccccc1. The maximum Gasteiger partial charge on any atom is 0.122 e. The molecule has 3 aromatic heterocycles. The van der Waals surface area contributed by atoms with E-state index >= 15 is 0 Å². The van der Waals surface area contributed by atoms with Crippen LogP contribution in [-0.2, 0) is 0 Å². The van der Waals surface area contributed by atoms with Crippen LogP contribution >= 0.6 is 22.7 Å². The van der Waals surface area contributed by atoms with Gasteiger partial charge in [-0.1, -0.05) is 165 Å². The normalized spacial score (nSPS) is 13.0. The van der Waals surface area contributed by atoms with Crippen molar-refractivity contribution in [2.24, 2.45) is 4.99 Å². The van der Waals surface area contributed by atoms with Gasteiger partial charge in [0.15, 0.2) is 0 Å². The van der Waals surface area contributed by atoms with E-state index in [9.17, 15) is 0 Å². The molecule has 3 heterocycles. The van der Waals surface area contributed by atoms with Gasteiger partial charge < -0.3 is 0 Å². The highest BCUT2D eigenvalue weighted by Crippen LogP contribution is 2.50. The Morgan fingerprint density at radius 3 is 1.97 bits per heavy atom. The second-order valence-electron chi connectivity index (χ2n) is 16.8. The Bertz CT molecular complexity index is 4030. The van der Waals surface area contributed by atoms with Crippen molar-refractivity contribution in [3.05, 3.63) is 198 Å². The zero-order valence-corrected chi connectivity index (χ0v) is 36.5. The second-order valence-corrected chi connectivity index (χ2v) is 19.1. The third-order valence-electron chi connectivity index (χ3n) is 13.4. The average Bonchev–Trinajstić information content (AvgIpc) is 4.01. The molecule has 0 radical (unpaired) electrons. The van der Waals surface area contributed by atoms with Crippen molar-refractivity contribution in [1.82, 2.24) is 4.57 Å². The number of aliphatic imine (C=N–C) groups is 1. The Kier molecular flexibility index (Phi) is 8.24. The fourth-order valence-electron chi connectivity index (χ4n) is 10.6. The molecule has 0 N–H and O–H groups in total. The predicted molar refractivity (Wildman–Crippen MR) is 276 cm³/mol. The van der Waals surface area contributed by atoms with Gasteiger partial charge in [0, 0.05) is 47.1 Å². The van der Waals surface area contributed by atoms with E-state index in [0.29, 0.717) is 0 Å². The van der Waals surface area contributed by atoms with Gasteiger partial charge in [-0.25, -0.2) is 4.99 Å². The molecule has 0 aliphatic rings. The van der Waals surface area contributed by atoms with E-state index in [0.717, 1.165) is 17.9 Å². The van der Waals surface area contributed by atoms with E-state index < -0.39 is 0 Å². The quantitative estimate of drug-likeness (QED) is 0.0933. The Balaban J connectivity index is 1.15. The Morgan fingerprint density at radius 1 is 0.508 bits per heavy atom. The summed E-state index contributed by atoms with van der Waals surface area (Å²) in [5.41, 5.74) is 7.27. The highest BCUT2D eigenvalue weighted by Gasteiger charge is 2.28. The molecule has 0 saturated carbocycles. The number of hydrogen-bond donors (Lipinski definition) is 0. The summed E-state index contributed by atoms with van der Waals surface area (Å²) in [6, 6.07) is 69.7. The molecule has 2 nitrogen and oxygen atoms in total. The lowest BCUT2D eigenvalue weighted by molar-refractivity contribution is 0.820. The first kappa shape index (κ1) is 36.5. The number of nitrogens with zero attached hydrogens (tertiary/aromatic N) is 2. The van der Waals surface area contributed by atoms with Gasteiger partial charge in [0.25, 0.3) is 0 Å². The third kappa shape index (κ3) is 5.45. The summed E-state index contributed by atoms with van der Waals surface area (Å²) in [6.45, 7) is 4.54. The first-order valence-corrected chi connectivity index (χ1v) is 23.5. The van der Waals surface area contributed by atoms with Gasteiger partial charge in [-0.3, -0.25) is 4.57 Å². The van der Waals surface area contributed by atoms with E-state index in [1.807, 2.05) is 22.7 Å². The highest BCUT2D eigenvalue weighted by molar-refractivity contribution is 7.27. The average molecular weight is 841 g/mol. The molecule has 4 heteroatoms. The van der Waals surface area contributed by atoms with Gasteiger partial charge in [0.05, 0.1) is 21.4 Å². The molecule has 1 atom stereocenters. The van der Waals surface area contributed by atoms with Gasteiger partial charge >= 0.3 is 0 Å². The molecule has 298 valence electrons. The fourth-order valence-corrected chi connectivity index (χ4v) is 12.9. The van der Waals surface area contributed by atoms with Crippen molar-refractivity contribution in [2.75, 3.05) is 0 Å². The van der Waals surface area contributed by atoms with Crippen LogP contribution in [0.15, 0.2) is 193 Å². The number of aromatic nitrogens is 1. The molecule has 10 aromatic carbocycles. The molecule has 0 saturated heterocycles. The summed E-state index contributed by atoms with van der Waals surface area (Å²) in [5.74, 6) is 1.11. The predicted octanol–water partition coefficient (Wildman–Crippen LogP) is 17.7. The largest absolute Gasteiger partial charge is 0.295 e. The summed E-state index contributed by atoms with van der Waals surface area (Å²) >= 11 is 3.76. The number of aryl methyl sites for hydroxylation is 1. The van der Waals surface area contributed by atoms with Gasteiger partial charge in [0.2, 0.25) is 0 Å². The van der Waals surface area contributed by atoms with Crippen molar-refractivity contribution >= 4 is 129 Å². The summed E-state index contributed by atoms with van der Waals surface area (Å²) in [6.07, 6.45) is 0.903. The zero-order chi connectivity index (χ0) is 41.8. The zero-order valence-electron chi connectivity index (χ0n) is 34.9. The summed E-state index contributed by atoms with van der Waals surface area (Å²) < 4.78 is 6.43. The molecule has 0 aliphatic carbocycles. The molecule has 13 rings (SSSR count). The van der Waals surface area contributed by atoms with Crippen LogP contribution in [0.4, 0.5) is 5.69 Å². The number of hydrogen-bond acceptors (Lipinski definition) is 3. The van der Waals surface area contributed by atoms with Crippen LogP contribution in [0.5, 0.6) is 0 Å². The molecule has 0 amide bonds. The maximum absolute atomic E-state index is 5.90. The van der Waals surface area contributed by atoms with Gasteiger partial charge in [0.1, 0.15) is 5.84 Å². The number of rotatable bonds is 5. The van der Waals surface area contributed by atoms with Crippen molar-refractivity contribution < 1.29 is 0 Å². The lowest BCUT2D eigenvalue weighted by atomic mass is 9.91. The monoisotopic (exact) mass is 840 g/mol. The number of benzene rings is 10. The maximum atomic E-state index is 5.90. The summed E-state index contributed by atoms with van der Waals surface area (Å²) in [4.78, 5) is 7.13. The fraction of sp³-hybridized carbons (Fsp3) is 0.0678. The summed E-state index contributed by atoms with van der Waals surface area (Å²) in [7, 11) is 0. The van der Waals surface area contributed by atoms with Crippen LogP contribution in [0.25, 0.3) is 106 Å². The lowest BCUT2D eigenvalue weighted by Gasteiger charge is -2.22. The van der Waals surface area contributed by atoms with Crippen molar-refractivity contribution in [2.45, 2.75) is 26.2 Å². The molecule has 0 spiro atoms. The van der Waals surface area contributed by atoms with Crippen LogP contribution < -0.4 is 0 Å². The van der Waals surface area contributed by atoms with Crippen molar-refractivity contribution in [3.63, 3.8) is 0 Å². The minimum Gasteiger partial charge on any atom is -0.295 e. The number of para-hydroxylation sites is 1. The molecular weight excluding hydrogens is 801 g/mol. The van der Waals surface area contributed by atoms with E-state index in [2.05, 4.69) is 206 Å². The minimum atomic E-state index is 0.0459. The van der Waals surface area contributed by atoms with Crippen LogP contribution in [0.3, 0.4) is 0 Å². The van der Waals surface area contributed by atoms with Crippen LogP contribution in [0, 0.1) is 6.92 Å². The Morgan fingerprint density at radius 2 is 1.16 bits per heavy atom. The van der Waals surface area contributed by atoms with Gasteiger partial charge in [-0.15, -0.1) is 22.7 Å². The first-order chi connectivity index (χ1) is 31.1. The van der Waals surface area contributed by atoms with Gasteiger partial charge in [-0.2, -0.15) is 0 Å². The van der Waals surface area contributed by atoms with E-state index in [-0.39, 0.29) is 5.92 Å². The van der Waals surface area contributed by atoms with Crippen LogP contribution in [0.1, 0.15) is 29.7 Å². The van der Waals surface area contributed by atoms with Crippen molar-refractivity contribution in [3.8, 4) is 11.1 Å². The number of thiophene rings is 2. The molecule has 0 bridgehead atoms. The Hall–Kier alpha value is -7.11. The molecule has 0 fully saturated rings. The van der Waals surface area contributed by atoms with Crippen LogP contribution in [0.2, 0.25) is 0 Å². The van der Waals surface area contributed by atoms with E-state index in [1.54, 1.807) is 0 Å². The number of fused-ring (bicyclic) bond motifs is 16. The standard InChI is InChI=1S/C59H40N2S2/c1-3-40(36-17-5-4-6-18-36)59(60-56-35(2)62-51-28-16-14-26-48(51)56)61-50-27-15-13-25-47(50)53-45-23-11-12-24-46(45)55-54-42-31-29-39(33-38(42)30-32-52(54)63-58(55)57(53)61)49-34-37-19-7-8-20-41(37)43-21-9-10-22-44(43)49/h4-34,40H,3H2,1-2H3/b60-59+. The molecule has 13 aromatic rings. The molecular formula is C59H40N2S2. The van der Waals surface area contributed by atoms with Crippen LogP contribution in [-0.4, -0.2) is 10.4 Å². The van der Waals surface area contributed by atoms with E-state index in [4.69, 9.17) is 4.99 Å². The minimum absolute atomic E-state index is 0.0459. The lowest BCUT2D eigenvalue weighted by Crippen LogP contribution is -2.21. The Labute approximate surface area is 372 Å². The molecule has 63 heavy (non-hydrogen) atoms. The molecule has 1 unspecified atom stereocenters. The molecule has 0 aliphatic heterocycles. The summed E-state index contributed by atoms with van der Waals surface area (Å²) in [5, 5.41) is 16.6. The van der Waals surface area contributed by atoms with Crippen molar-refractivity contribution in [1.29, 1.82) is 0 Å². The highest BCUT2D eigenvalue weighted by atomic mass is 32.1. The topological polar surface area (TPSA) is 17.3 Å². The first-order valence-electron chi connectivity index (χ1n) is 21.9. The van der Waals surface area contributed by atoms with Gasteiger partial charge in [-0.05, 0) is 103 Å². The third-order valence-corrected chi connectivity index (χ3v) is 15.7. The smallest absolute Gasteiger partial charge is 0.122 e. The second kappa shape index (κ2) is 14.2.